The fourth-order valence-corrected chi connectivity index (χ4v) is 10.5. The van der Waals surface area contributed by atoms with Gasteiger partial charge in [-0.05, 0) is 118 Å². The number of nitrogens with one attached hydrogen (secondary N) is 4. The molecular formula is C55H78N4O6. The van der Waals surface area contributed by atoms with E-state index in [0.717, 1.165) is 97.6 Å². The molecule has 1 aliphatic carbocycles. The van der Waals surface area contributed by atoms with E-state index < -0.39 is 18.2 Å². The fourth-order valence-electron chi connectivity index (χ4n) is 10.5. The molecule has 3 aliphatic rings. The number of carbonyl (C=O) groups is 2. The molecule has 0 amide bonds. The van der Waals surface area contributed by atoms with E-state index in [1.165, 1.54) is 57.6 Å². The Balaban J connectivity index is 1.22. The first-order valence-corrected chi connectivity index (χ1v) is 24.5. The third kappa shape index (κ3) is 11.3. The molecule has 6 N–H and O–H groups in total. The summed E-state index contributed by atoms with van der Waals surface area (Å²) in [6.45, 7) is 24.2. The summed E-state index contributed by atoms with van der Waals surface area (Å²) in [7, 11) is 1.32. The first-order chi connectivity index (χ1) is 31.1. The Hall–Kier alpha value is -4.64. The zero-order valence-corrected chi connectivity index (χ0v) is 41.1. The second kappa shape index (κ2) is 22.2. The molecule has 10 heteroatoms. The van der Waals surface area contributed by atoms with Crippen molar-refractivity contribution in [2.45, 2.75) is 146 Å². The van der Waals surface area contributed by atoms with Crippen LogP contribution in [0, 0.1) is 56.3 Å². The quantitative estimate of drug-likeness (QED) is 0.0254. The van der Waals surface area contributed by atoms with E-state index >= 15 is 0 Å². The monoisotopic (exact) mass is 891 g/mol. The summed E-state index contributed by atoms with van der Waals surface area (Å²) in [5, 5.41) is 26.8. The first kappa shape index (κ1) is 49.8. The Kier molecular flexibility index (Phi) is 17.0. The third-order valence-electron chi connectivity index (χ3n) is 14.7. The van der Waals surface area contributed by atoms with Crippen LogP contribution >= 0.6 is 0 Å². The van der Waals surface area contributed by atoms with E-state index in [1.54, 1.807) is 0 Å². The Labute approximate surface area is 387 Å². The predicted molar refractivity (Wildman–Crippen MR) is 264 cm³/mol. The van der Waals surface area contributed by atoms with Crippen LogP contribution in [0.1, 0.15) is 173 Å². The minimum atomic E-state index is -1.15. The number of Topliss-reactive ketones (excluding diaryl/α,β-unsaturated/α-hetero) is 1. The number of fused-ring (bicyclic) bond motifs is 7. The number of H-pyrrole nitrogens is 3. The number of ether oxygens (including phenoxy) is 2. The Morgan fingerprint density at radius 3 is 2.18 bits per heavy atom. The van der Waals surface area contributed by atoms with Crippen LogP contribution in [0.25, 0.3) is 29.9 Å². The molecule has 65 heavy (non-hydrogen) atoms. The molecule has 1 saturated heterocycles. The Morgan fingerprint density at radius 2 is 1.52 bits per heavy atom. The van der Waals surface area contributed by atoms with Gasteiger partial charge in [-0.3, -0.25) is 9.59 Å². The van der Waals surface area contributed by atoms with Crippen molar-refractivity contribution in [1.82, 2.24) is 20.3 Å². The lowest BCUT2D eigenvalue weighted by Gasteiger charge is -2.21. The van der Waals surface area contributed by atoms with Crippen molar-refractivity contribution in [2.75, 3.05) is 20.3 Å². The molecule has 0 aromatic carbocycles. The van der Waals surface area contributed by atoms with Gasteiger partial charge in [-0.1, -0.05) is 104 Å². The molecule has 2 aliphatic heterocycles. The first-order valence-electron chi connectivity index (χ1n) is 24.5. The number of hydrogen-bond donors (Lipinski definition) is 6. The van der Waals surface area contributed by atoms with Crippen molar-refractivity contribution in [3.63, 3.8) is 0 Å². The molecule has 0 spiro atoms. The van der Waals surface area contributed by atoms with E-state index in [1.807, 2.05) is 26.0 Å². The molecular weight excluding hydrogens is 813 g/mol. The van der Waals surface area contributed by atoms with Crippen molar-refractivity contribution in [2.24, 2.45) is 35.5 Å². The SMILES string of the molecule is C=Cc1c2[nH]c(c1C)/C=C1\N/C(=C3\c4[nH]c(c(C)c4C(=O)[C@@H]3C(=O)OC)/C=c3\[nH]/c(c(C)c3CCO)=C\2)[C@@H](CCC(O)OC/C=C(\C)CCC[C@H](C)CCC[C@H](C)CCCC(C)C)[C@@H]1C. The van der Waals surface area contributed by atoms with E-state index in [4.69, 9.17) is 9.47 Å². The van der Waals surface area contributed by atoms with E-state index in [0.29, 0.717) is 42.7 Å². The molecule has 1 unspecified atom stereocenters. The molecule has 3 aromatic rings. The lowest BCUT2D eigenvalue weighted by Crippen LogP contribution is -2.25. The molecule has 0 radical (unpaired) electrons. The summed E-state index contributed by atoms with van der Waals surface area (Å²) in [5.41, 5.74) is 11.9. The maximum atomic E-state index is 14.4. The van der Waals surface area contributed by atoms with Gasteiger partial charge in [0.2, 0.25) is 0 Å². The van der Waals surface area contributed by atoms with Crippen molar-refractivity contribution in [3.8, 4) is 0 Å². The maximum Gasteiger partial charge on any atom is 0.321 e. The standard InChI is InChI=1S/C55H78N4O6/c1-12-39-35(7)42-28-44-37(9)41(22-23-48(61)65-27-25-34(6)21-15-20-33(5)19-14-18-32(4)17-13-16-31(2)3)52(58-44)50-51(55(63)64-11)54(62)49-38(10)45(59-53(49)50)30-47-40(24-26-60)36(8)43(57-47)29-46(39)56-42/h12,25,28-33,37,41,48,51,56-61H,1,13-24,26-27H2,2-11H3/b34-25+,43-29-,44-28-,47-30-,52-50-/t32-,33-,37+,41+,48?,51-/m1/s1. The Bertz CT molecular complexity index is 2420. The van der Waals surface area contributed by atoms with Crippen molar-refractivity contribution in [1.29, 1.82) is 0 Å². The number of allylic oxidation sites excluding steroid dienone is 3. The van der Waals surface area contributed by atoms with Gasteiger partial charge < -0.3 is 40.0 Å². The highest BCUT2D eigenvalue weighted by atomic mass is 16.6. The van der Waals surface area contributed by atoms with E-state index in [-0.39, 0.29) is 24.2 Å². The number of hydrogen-bond acceptors (Lipinski definition) is 7. The van der Waals surface area contributed by atoms with Gasteiger partial charge in [0, 0.05) is 74.3 Å². The highest BCUT2D eigenvalue weighted by Crippen LogP contribution is 2.48. The molecule has 354 valence electrons. The summed E-state index contributed by atoms with van der Waals surface area (Å²) < 4.78 is 11.3. The number of methoxy groups -OCH3 is 1. The molecule has 1 fully saturated rings. The smallest absolute Gasteiger partial charge is 0.321 e. The van der Waals surface area contributed by atoms with Crippen LogP contribution in [0.15, 0.2) is 29.6 Å². The third-order valence-corrected chi connectivity index (χ3v) is 14.7. The van der Waals surface area contributed by atoms with Gasteiger partial charge in [0.15, 0.2) is 12.1 Å². The lowest BCUT2D eigenvalue weighted by atomic mass is 9.85. The number of carbonyl (C=O) groups excluding carboxylic acids is 2. The van der Waals surface area contributed by atoms with Crippen LogP contribution < -0.4 is 16.0 Å². The highest BCUT2D eigenvalue weighted by molar-refractivity contribution is 6.24. The van der Waals surface area contributed by atoms with Gasteiger partial charge in [-0.15, -0.1) is 0 Å². The van der Waals surface area contributed by atoms with Gasteiger partial charge in [0.25, 0.3) is 0 Å². The Morgan fingerprint density at radius 1 is 0.862 bits per heavy atom. The van der Waals surface area contributed by atoms with Crippen LogP contribution in [0.3, 0.4) is 0 Å². The van der Waals surface area contributed by atoms with Crippen LogP contribution in [0.4, 0.5) is 0 Å². The zero-order valence-electron chi connectivity index (χ0n) is 41.1. The van der Waals surface area contributed by atoms with Gasteiger partial charge in [-0.25, -0.2) is 0 Å². The topological polar surface area (TPSA) is 152 Å². The summed E-state index contributed by atoms with van der Waals surface area (Å²) in [5.74, 6) is 0.0146. The maximum absolute atomic E-state index is 14.4. The molecule has 5 heterocycles. The largest absolute Gasteiger partial charge is 0.468 e. The number of aromatic nitrogens is 3. The normalized spacial score (nSPS) is 22.5. The lowest BCUT2D eigenvalue weighted by molar-refractivity contribution is -0.141. The molecule has 10 nitrogen and oxygen atoms in total. The number of rotatable bonds is 22. The van der Waals surface area contributed by atoms with Crippen molar-refractivity contribution < 1.29 is 29.3 Å². The number of aliphatic hydroxyl groups excluding tert-OH is 2. The zero-order chi connectivity index (χ0) is 47.1. The summed E-state index contributed by atoms with van der Waals surface area (Å²) >= 11 is 0. The van der Waals surface area contributed by atoms with Crippen molar-refractivity contribution >= 4 is 41.6 Å². The predicted octanol–water partition coefficient (Wildman–Crippen LogP) is 9.84. The summed E-state index contributed by atoms with van der Waals surface area (Å²) in [4.78, 5) is 38.9. The summed E-state index contributed by atoms with van der Waals surface area (Å²) in [6.07, 6.45) is 21.9. The number of ketones is 1. The van der Waals surface area contributed by atoms with E-state index in [9.17, 15) is 19.8 Å². The molecule has 3 aromatic heterocycles. The highest BCUT2D eigenvalue weighted by Gasteiger charge is 2.48. The summed E-state index contributed by atoms with van der Waals surface area (Å²) in [6, 6.07) is 0. The molecule has 6 atom stereocenters. The minimum absolute atomic E-state index is 0.0224. The van der Waals surface area contributed by atoms with E-state index in [2.05, 4.69) is 93.5 Å². The van der Waals surface area contributed by atoms with Crippen LogP contribution in [0.2, 0.25) is 0 Å². The molecule has 0 saturated carbocycles. The average Bonchev–Trinajstić information content (AvgIpc) is 4.00. The van der Waals surface area contributed by atoms with Gasteiger partial charge in [0.05, 0.1) is 19.4 Å². The fraction of sp³-hybridized carbons (Fsp3) is 0.564. The second-order valence-electron chi connectivity index (χ2n) is 20.0. The van der Waals surface area contributed by atoms with Gasteiger partial charge in [0.1, 0.15) is 5.92 Å². The van der Waals surface area contributed by atoms with Crippen LogP contribution in [0.5, 0.6) is 0 Å². The number of aliphatic hydroxyl groups is 2. The van der Waals surface area contributed by atoms with Crippen LogP contribution in [-0.2, 0) is 20.7 Å². The average molecular weight is 891 g/mol. The molecule has 8 bridgehead atoms. The van der Waals surface area contributed by atoms with Crippen molar-refractivity contribution in [3.05, 3.63) is 96.5 Å². The number of esters is 1. The molecule has 6 rings (SSSR count). The van der Waals surface area contributed by atoms with Crippen LogP contribution in [-0.4, -0.2) is 63.5 Å². The minimum Gasteiger partial charge on any atom is -0.468 e. The van der Waals surface area contributed by atoms with Gasteiger partial charge in [-0.2, -0.15) is 0 Å². The number of aromatic amines is 3. The second-order valence-corrected chi connectivity index (χ2v) is 20.0. The van der Waals surface area contributed by atoms with Gasteiger partial charge >= 0.3 is 5.97 Å².